The van der Waals surface area contributed by atoms with Crippen molar-refractivity contribution in [1.29, 1.82) is 0 Å². The van der Waals surface area contributed by atoms with E-state index >= 15 is 0 Å². The number of hydrogen-bond donors (Lipinski definition) is 2. The van der Waals surface area contributed by atoms with Crippen molar-refractivity contribution >= 4 is 17.5 Å². The summed E-state index contributed by atoms with van der Waals surface area (Å²) in [7, 11) is 0. The Morgan fingerprint density at radius 2 is 2.18 bits per heavy atom. The van der Waals surface area contributed by atoms with E-state index in [1.54, 1.807) is 0 Å². The molecule has 1 aromatic rings. The van der Waals surface area contributed by atoms with Crippen LogP contribution in [0.25, 0.3) is 0 Å². The molecule has 2 unspecified atom stereocenters. The number of aliphatic hydroxyl groups is 1. The summed E-state index contributed by atoms with van der Waals surface area (Å²) >= 11 is 5.88. The highest BCUT2D eigenvalue weighted by Gasteiger charge is 2.26. The average molecular weight is 325 g/mol. The van der Waals surface area contributed by atoms with Gasteiger partial charge in [-0.2, -0.15) is 0 Å². The minimum Gasteiger partial charge on any atom is -0.396 e. The number of nitrogens with one attached hydrogen (secondary N) is 1. The molecule has 1 aliphatic heterocycles. The molecule has 1 aliphatic rings. The zero-order valence-electron chi connectivity index (χ0n) is 13.1. The number of amides is 1. The van der Waals surface area contributed by atoms with Crippen LogP contribution in [-0.2, 0) is 4.79 Å². The lowest BCUT2D eigenvalue weighted by molar-refractivity contribution is -0.123. The minimum absolute atomic E-state index is 0.0248. The molecule has 0 saturated carbocycles. The zero-order chi connectivity index (χ0) is 15.9. The first-order valence-electron chi connectivity index (χ1n) is 8.00. The second-order valence-corrected chi connectivity index (χ2v) is 6.41. The number of rotatable bonds is 7. The Bertz CT molecular complexity index is 478. The van der Waals surface area contributed by atoms with Gasteiger partial charge in [0.05, 0.1) is 12.6 Å². The molecule has 5 heteroatoms. The van der Waals surface area contributed by atoms with E-state index in [0.717, 1.165) is 37.8 Å². The van der Waals surface area contributed by atoms with E-state index < -0.39 is 0 Å². The van der Waals surface area contributed by atoms with Gasteiger partial charge in [-0.05, 0) is 56.8 Å². The Kier molecular flexibility index (Phi) is 6.68. The normalized spacial score (nSPS) is 20.0. The molecule has 0 spiro atoms. The van der Waals surface area contributed by atoms with Crippen molar-refractivity contribution in [2.45, 2.75) is 44.7 Å². The second-order valence-electron chi connectivity index (χ2n) is 5.97. The average Bonchev–Trinajstić information content (AvgIpc) is 2.92. The van der Waals surface area contributed by atoms with Crippen molar-refractivity contribution in [1.82, 2.24) is 10.2 Å². The predicted molar refractivity (Wildman–Crippen MR) is 88.9 cm³/mol. The van der Waals surface area contributed by atoms with Crippen molar-refractivity contribution in [3.8, 4) is 0 Å². The quantitative estimate of drug-likeness (QED) is 0.811. The smallest absolute Gasteiger partial charge is 0.234 e. The molecule has 1 fully saturated rings. The molecule has 0 aromatic heterocycles. The SMILES string of the molecule is CC(NC(=O)CN1CCCC1CCCO)c1ccc(Cl)cc1. The molecule has 0 bridgehead atoms. The number of hydrogen-bond acceptors (Lipinski definition) is 3. The van der Waals surface area contributed by atoms with E-state index in [9.17, 15) is 4.79 Å². The minimum atomic E-state index is -0.0248. The maximum absolute atomic E-state index is 12.2. The highest BCUT2D eigenvalue weighted by Crippen LogP contribution is 2.21. The summed E-state index contributed by atoms with van der Waals surface area (Å²) < 4.78 is 0. The van der Waals surface area contributed by atoms with Gasteiger partial charge >= 0.3 is 0 Å². The third-order valence-electron chi connectivity index (χ3n) is 4.29. The third kappa shape index (κ3) is 4.97. The van der Waals surface area contributed by atoms with Gasteiger partial charge in [0.1, 0.15) is 0 Å². The van der Waals surface area contributed by atoms with Crippen LogP contribution in [0.15, 0.2) is 24.3 Å². The van der Waals surface area contributed by atoms with E-state index in [1.807, 2.05) is 31.2 Å². The van der Waals surface area contributed by atoms with Crippen LogP contribution < -0.4 is 5.32 Å². The van der Waals surface area contributed by atoms with E-state index in [1.165, 1.54) is 0 Å². The lowest BCUT2D eigenvalue weighted by Gasteiger charge is -2.24. The Morgan fingerprint density at radius 1 is 1.45 bits per heavy atom. The first kappa shape index (κ1) is 17.3. The Morgan fingerprint density at radius 3 is 2.86 bits per heavy atom. The standard InChI is InChI=1S/C17H25ClN2O2/c1-13(14-6-8-15(18)9-7-14)19-17(22)12-20-10-2-4-16(20)5-3-11-21/h6-9,13,16,21H,2-5,10-12H2,1H3,(H,19,22). The van der Waals surface area contributed by atoms with Gasteiger partial charge in [-0.15, -0.1) is 0 Å². The summed E-state index contributed by atoms with van der Waals surface area (Å²) in [6.45, 7) is 3.62. The van der Waals surface area contributed by atoms with Crippen molar-refractivity contribution in [3.05, 3.63) is 34.9 Å². The third-order valence-corrected chi connectivity index (χ3v) is 4.54. The molecule has 0 radical (unpaired) electrons. The second kappa shape index (κ2) is 8.51. The number of likely N-dealkylation sites (tertiary alicyclic amines) is 1. The monoisotopic (exact) mass is 324 g/mol. The number of carbonyl (C=O) groups excluding carboxylic acids is 1. The molecule has 0 aliphatic carbocycles. The van der Waals surface area contributed by atoms with Gasteiger partial charge < -0.3 is 10.4 Å². The molecule has 122 valence electrons. The van der Waals surface area contributed by atoms with Gasteiger partial charge in [0.15, 0.2) is 0 Å². The number of benzene rings is 1. The van der Waals surface area contributed by atoms with Gasteiger partial charge in [-0.25, -0.2) is 0 Å². The largest absolute Gasteiger partial charge is 0.396 e. The summed E-state index contributed by atoms with van der Waals surface area (Å²) in [6, 6.07) is 7.96. The molecule has 4 nitrogen and oxygen atoms in total. The Hall–Kier alpha value is -1.10. The summed E-state index contributed by atoms with van der Waals surface area (Å²) in [4.78, 5) is 14.5. The first-order valence-corrected chi connectivity index (χ1v) is 8.37. The number of carbonyl (C=O) groups is 1. The summed E-state index contributed by atoms with van der Waals surface area (Å²) in [5.41, 5.74) is 1.05. The van der Waals surface area contributed by atoms with Crippen molar-refractivity contribution in [2.24, 2.45) is 0 Å². The van der Waals surface area contributed by atoms with E-state index in [2.05, 4.69) is 10.2 Å². The van der Waals surface area contributed by atoms with Crippen LogP contribution in [0, 0.1) is 0 Å². The van der Waals surface area contributed by atoms with Crippen molar-refractivity contribution < 1.29 is 9.90 Å². The fraction of sp³-hybridized carbons (Fsp3) is 0.588. The van der Waals surface area contributed by atoms with Gasteiger partial charge in [0.25, 0.3) is 0 Å². The maximum Gasteiger partial charge on any atom is 0.234 e. The Labute approximate surface area is 137 Å². The molecular weight excluding hydrogens is 300 g/mol. The number of nitrogens with zero attached hydrogens (tertiary/aromatic N) is 1. The molecule has 1 heterocycles. The van der Waals surface area contributed by atoms with Gasteiger partial charge in [-0.1, -0.05) is 23.7 Å². The molecule has 2 N–H and O–H groups in total. The van der Waals surface area contributed by atoms with Crippen LogP contribution >= 0.6 is 11.6 Å². The lowest BCUT2D eigenvalue weighted by atomic mass is 10.1. The van der Waals surface area contributed by atoms with E-state index in [4.69, 9.17) is 16.7 Å². The molecule has 1 amide bonds. The van der Waals surface area contributed by atoms with Crippen LogP contribution in [0.4, 0.5) is 0 Å². The van der Waals surface area contributed by atoms with Crippen LogP contribution in [0.3, 0.4) is 0 Å². The number of aliphatic hydroxyl groups excluding tert-OH is 1. The van der Waals surface area contributed by atoms with Crippen LogP contribution in [-0.4, -0.2) is 41.7 Å². The molecule has 2 rings (SSSR count). The molecular formula is C17H25ClN2O2. The van der Waals surface area contributed by atoms with Gasteiger partial charge in [0.2, 0.25) is 5.91 Å². The van der Waals surface area contributed by atoms with Crippen molar-refractivity contribution in [3.63, 3.8) is 0 Å². The first-order chi connectivity index (χ1) is 10.6. The highest BCUT2D eigenvalue weighted by atomic mass is 35.5. The maximum atomic E-state index is 12.2. The van der Waals surface area contributed by atoms with Gasteiger partial charge in [0, 0.05) is 17.7 Å². The van der Waals surface area contributed by atoms with Crippen LogP contribution in [0.2, 0.25) is 5.02 Å². The summed E-state index contributed by atoms with van der Waals surface area (Å²) in [6.07, 6.45) is 4.04. The lowest BCUT2D eigenvalue weighted by Crippen LogP contribution is -2.40. The molecule has 1 saturated heterocycles. The van der Waals surface area contributed by atoms with E-state index in [0.29, 0.717) is 17.6 Å². The summed E-state index contributed by atoms with van der Waals surface area (Å²) in [5.74, 6) is 0.0540. The summed E-state index contributed by atoms with van der Waals surface area (Å²) in [5, 5.41) is 12.7. The zero-order valence-corrected chi connectivity index (χ0v) is 13.9. The van der Waals surface area contributed by atoms with Crippen molar-refractivity contribution in [2.75, 3.05) is 19.7 Å². The van der Waals surface area contributed by atoms with Crippen LogP contribution in [0.1, 0.15) is 44.2 Å². The molecule has 2 atom stereocenters. The highest BCUT2D eigenvalue weighted by molar-refractivity contribution is 6.30. The fourth-order valence-electron chi connectivity index (χ4n) is 3.06. The predicted octanol–water partition coefficient (Wildman–Crippen LogP) is 2.75. The Balaban J connectivity index is 1.82. The molecule has 22 heavy (non-hydrogen) atoms. The topological polar surface area (TPSA) is 52.6 Å². The fourth-order valence-corrected chi connectivity index (χ4v) is 3.19. The van der Waals surface area contributed by atoms with E-state index in [-0.39, 0.29) is 18.6 Å². The van der Waals surface area contributed by atoms with Crippen LogP contribution in [0.5, 0.6) is 0 Å². The number of halogens is 1. The molecule has 1 aromatic carbocycles. The van der Waals surface area contributed by atoms with Gasteiger partial charge in [-0.3, -0.25) is 9.69 Å².